The Morgan fingerprint density at radius 3 is 1.43 bits per heavy atom. The minimum atomic E-state index is -4.18. The zero-order chi connectivity index (χ0) is 22.4. The zero-order valence-electron chi connectivity index (χ0n) is 15.9. The van der Waals surface area contributed by atoms with Crippen LogP contribution >= 0.6 is 0 Å². The van der Waals surface area contributed by atoms with Crippen LogP contribution < -0.4 is 28.8 Å². The molecular weight excluding hydrogens is 562 g/mol. The Labute approximate surface area is 185 Å². The molecule has 0 atom stereocenters. The molecule has 0 aliphatic rings. The molecule has 0 saturated carbocycles. The first-order valence-corrected chi connectivity index (χ1v) is 18.5. The van der Waals surface area contributed by atoms with E-state index in [-0.39, 0.29) is 26.3 Å². The van der Waals surface area contributed by atoms with Gasteiger partial charge in [-0.3, -0.25) is 0 Å². The van der Waals surface area contributed by atoms with Crippen molar-refractivity contribution >= 4 is 66.6 Å². The van der Waals surface area contributed by atoms with Gasteiger partial charge < -0.3 is 0 Å². The summed E-state index contributed by atoms with van der Waals surface area (Å²) in [5.41, 5.74) is 0.934. The van der Waals surface area contributed by atoms with Gasteiger partial charge in [0, 0.05) is 0 Å². The van der Waals surface area contributed by atoms with Crippen molar-refractivity contribution in [3.8, 4) is 11.5 Å². The van der Waals surface area contributed by atoms with Crippen molar-refractivity contribution in [2.75, 3.05) is 36.6 Å². The second kappa shape index (κ2) is 10.7. The summed E-state index contributed by atoms with van der Waals surface area (Å²) in [4.78, 5) is 0. The third-order valence-corrected chi connectivity index (χ3v) is 13.0. The molecule has 0 amide bonds. The number of nitrogens with one attached hydrogen (secondary N) is 2. The molecule has 2 rings (SSSR count). The van der Waals surface area contributed by atoms with Crippen molar-refractivity contribution < 1.29 is 35.4 Å². The fourth-order valence-electron chi connectivity index (χ4n) is 2.25. The van der Waals surface area contributed by atoms with E-state index < -0.39 is 32.0 Å². The molecule has 0 aliphatic heterocycles. The van der Waals surface area contributed by atoms with Gasteiger partial charge in [-0.2, -0.15) is 0 Å². The van der Waals surface area contributed by atoms with Gasteiger partial charge in [-0.1, -0.05) is 0 Å². The molecule has 4 N–H and O–H groups in total. The summed E-state index contributed by atoms with van der Waals surface area (Å²) in [5, 5.41) is 5.31. The van der Waals surface area contributed by atoms with Crippen LogP contribution in [0.3, 0.4) is 0 Å². The summed E-state index contributed by atoms with van der Waals surface area (Å²) >= 11 is -0.542. The number of ether oxygens (including phenoxy) is 2. The third-order valence-electron chi connectivity index (χ3n) is 3.54. The Kier molecular flexibility index (Phi) is 8.90. The maximum atomic E-state index is 11.0. The molecule has 2 aromatic carbocycles. The first-order valence-electron chi connectivity index (χ1n) is 8.16. The molecule has 0 bridgehead atoms. The standard InChI is InChI=1S/C16H20As2N2O8S2/c1-27-15-5-3-11(7-13(15)19-9-29(21,22)23)17-18-12-4-6-16(28-2)14(8-12)20-10-30(24,25)26/h3-8,19-20H,9-10H2,1-2H3,(H,21,22,23)(H,24,25,26). The first kappa shape index (κ1) is 24.8. The summed E-state index contributed by atoms with van der Waals surface area (Å²) in [5.74, 6) is -0.335. The molecule has 0 heterocycles. The van der Waals surface area contributed by atoms with E-state index in [1.807, 2.05) is 12.1 Å². The zero-order valence-corrected chi connectivity index (χ0v) is 21.3. The summed E-state index contributed by atoms with van der Waals surface area (Å²) < 4.78 is 74.3. The molecule has 0 aliphatic carbocycles. The average molecular weight is 582 g/mol. The Morgan fingerprint density at radius 2 is 1.13 bits per heavy atom. The number of hydrogen-bond acceptors (Lipinski definition) is 8. The molecule has 0 radical (unpaired) electrons. The molecular formula is C16H20As2N2O8S2. The quantitative estimate of drug-likeness (QED) is 0.213. The second-order valence-electron chi connectivity index (χ2n) is 5.78. The number of hydrogen-bond donors (Lipinski definition) is 4. The molecule has 0 saturated heterocycles. The van der Waals surface area contributed by atoms with Gasteiger partial charge in [-0.25, -0.2) is 0 Å². The van der Waals surface area contributed by atoms with Gasteiger partial charge in [0.1, 0.15) is 0 Å². The Hall–Kier alpha value is -1.42. The van der Waals surface area contributed by atoms with Gasteiger partial charge in [0.2, 0.25) is 0 Å². The topological polar surface area (TPSA) is 151 Å². The monoisotopic (exact) mass is 582 g/mol. The Bertz CT molecular complexity index is 1050. The fraction of sp³-hybridized carbons (Fsp3) is 0.250. The van der Waals surface area contributed by atoms with Crippen molar-refractivity contribution in [1.29, 1.82) is 0 Å². The summed E-state index contributed by atoms with van der Waals surface area (Å²) in [6.45, 7) is 0. The summed E-state index contributed by atoms with van der Waals surface area (Å²) in [6.07, 6.45) is 0. The summed E-state index contributed by atoms with van der Waals surface area (Å²) in [6, 6.07) is 10.8. The van der Waals surface area contributed by atoms with E-state index in [0.29, 0.717) is 22.9 Å². The number of anilines is 2. The van der Waals surface area contributed by atoms with E-state index in [9.17, 15) is 16.8 Å². The van der Waals surface area contributed by atoms with Crippen molar-refractivity contribution in [1.82, 2.24) is 0 Å². The SMILES string of the molecule is COc1ccc([As]=[As]c2ccc(OC)c(NCS(=O)(=O)O)c2)cc1NCS(=O)(=O)O. The first-order chi connectivity index (χ1) is 14.0. The van der Waals surface area contributed by atoms with E-state index >= 15 is 0 Å². The van der Waals surface area contributed by atoms with Crippen LogP contribution in [0.1, 0.15) is 0 Å². The maximum absolute atomic E-state index is 11.0. The molecule has 164 valence electrons. The minimum absolute atomic E-state index is 0.271. The molecule has 0 unspecified atom stereocenters. The Morgan fingerprint density at radius 1 is 0.767 bits per heavy atom. The van der Waals surface area contributed by atoms with Gasteiger partial charge in [-0.05, 0) is 0 Å². The number of rotatable bonds is 10. The molecule has 10 nitrogen and oxygen atoms in total. The van der Waals surface area contributed by atoms with Gasteiger partial charge in [0.25, 0.3) is 0 Å². The predicted octanol–water partition coefficient (Wildman–Crippen LogP) is -0.508. The predicted molar refractivity (Wildman–Crippen MR) is 117 cm³/mol. The molecule has 14 heteroatoms. The van der Waals surface area contributed by atoms with Crippen LogP contribution in [0.2, 0.25) is 0 Å². The van der Waals surface area contributed by atoms with Crippen LogP contribution in [0.4, 0.5) is 11.4 Å². The number of benzene rings is 2. The Balaban J connectivity index is 2.25. The normalized spacial score (nSPS) is 12.0. The average Bonchev–Trinajstić information content (AvgIpc) is 2.68. The second-order valence-corrected chi connectivity index (χ2v) is 16.0. The van der Waals surface area contributed by atoms with Gasteiger partial charge in [0.15, 0.2) is 0 Å². The summed E-state index contributed by atoms with van der Waals surface area (Å²) in [7, 11) is -5.42. The van der Waals surface area contributed by atoms with Gasteiger partial charge in [0.05, 0.1) is 0 Å². The molecule has 2 aromatic rings. The third kappa shape index (κ3) is 8.37. The number of methoxy groups -OCH3 is 2. The molecule has 0 fully saturated rings. The van der Waals surface area contributed by atoms with Crippen molar-refractivity contribution in [3.05, 3.63) is 36.4 Å². The van der Waals surface area contributed by atoms with Crippen molar-refractivity contribution in [2.24, 2.45) is 0 Å². The van der Waals surface area contributed by atoms with Crippen LogP contribution in [-0.2, 0) is 20.2 Å². The van der Waals surface area contributed by atoms with Crippen molar-refractivity contribution in [2.45, 2.75) is 0 Å². The van der Waals surface area contributed by atoms with E-state index in [0.717, 1.165) is 8.70 Å². The fourth-order valence-corrected chi connectivity index (χ4v) is 10.0. The molecule has 0 spiro atoms. The van der Waals surface area contributed by atoms with Crippen LogP contribution in [0, 0.1) is 0 Å². The van der Waals surface area contributed by atoms with E-state index in [4.69, 9.17) is 18.6 Å². The van der Waals surface area contributed by atoms with E-state index in [1.165, 1.54) is 14.2 Å². The molecule has 30 heavy (non-hydrogen) atoms. The van der Waals surface area contributed by atoms with E-state index in [1.54, 1.807) is 24.3 Å². The van der Waals surface area contributed by atoms with Crippen LogP contribution in [0.25, 0.3) is 0 Å². The van der Waals surface area contributed by atoms with Crippen LogP contribution in [0.5, 0.6) is 11.5 Å². The van der Waals surface area contributed by atoms with E-state index in [2.05, 4.69) is 10.6 Å². The molecule has 0 aromatic heterocycles. The van der Waals surface area contributed by atoms with Gasteiger partial charge in [-0.15, -0.1) is 0 Å². The van der Waals surface area contributed by atoms with Crippen molar-refractivity contribution in [3.63, 3.8) is 0 Å². The van der Waals surface area contributed by atoms with Crippen LogP contribution in [0.15, 0.2) is 36.4 Å². The van der Waals surface area contributed by atoms with Crippen LogP contribution in [-0.4, -0.2) is 78.2 Å². The van der Waals surface area contributed by atoms with Gasteiger partial charge >= 0.3 is 187 Å².